The molecular formula is C9H17N3S. The third-order valence-electron chi connectivity index (χ3n) is 2.07. The molecule has 0 amide bonds. The van der Waals surface area contributed by atoms with E-state index in [1.54, 1.807) is 0 Å². The van der Waals surface area contributed by atoms with Crippen molar-refractivity contribution in [3.05, 3.63) is 18.2 Å². The van der Waals surface area contributed by atoms with Crippen molar-refractivity contribution >= 4 is 11.8 Å². The fraction of sp³-hybridized carbons (Fsp3) is 0.667. The number of hydrogen-bond donors (Lipinski definition) is 1. The molecule has 0 fully saturated rings. The first-order chi connectivity index (χ1) is 6.15. The monoisotopic (exact) mass is 199 g/mol. The quantitative estimate of drug-likeness (QED) is 0.802. The molecule has 0 aromatic carbocycles. The summed E-state index contributed by atoms with van der Waals surface area (Å²) in [5.74, 6) is 0. The van der Waals surface area contributed by atoms with Crippen LogP contribution in [0.2, 0.25) is 0 Å². The van der Waals surface area contributed by atoms with E-state index in [4.69, 9.17) is 5.73 Å². The Morgan fingerprint density at radius 2 is 2.31 bits per heavy atom. The summed E-state index contributed by atoms with van der Waals surface area (Å²) in [5.41, 5.74) is 6.92. The molecule has 3 nitrogen and oxygen atoms in total. The molecule has 4 heteroatoms. The predicted molar refractivity (Wildman–Crippen MR) is 57.8 cm³/mol. The first-order valence-electron chi connectivity index (χ1n) is 4.43. The lowest BCUT2D eigenvalue weighted by molar-refractivity contribution is 0.622. The Morgan fingerprint density at radius 1 is 1.62 bits per heavy atom. The fourth-order valence-electron chi connectivity index (χ4n) is 1.21. The van der Waals surface area contributed by atoms with Crippen LogP contribution in [0.5, 0.6) is 0 Å². The minimum Gasteiger partial charge on any atom is -0.332 e. The topological polar surface area (TPSA) is 43.8 Å². The third kappa shape index (κ3) is 2.74. The average molecular weight is 199 g/mol. The van der Waals surface area contributed by atoms with Crippen molar-refractivity contribution in [1.82, 2.24) is 9.55 Å². The molecule has 0 bridgehead atoms. The third-order valence-corrected chi connectivity index (χ3v) is 3.02. The van der Waals surface area contributed by atoms with Crippen LogP contribution < -0.4 is 5.73 Å². The van der Waals surface area contributed by atoms with Crippen molar-refractivity contribution in [2.45, 2.75) is 31.7 Å². The highest BCUT2D eigenvalue weighted by molar-refractivity contribution is 7.99. The highest BCUT2D eigenvalue weighted by atomic mass is 32.2. The summed E-state index contributed by atoms with van der Waals surface area (Å²) in [6, 6.07) is 0.0663. The largest absolute Gasteiger partial charge is 0.332 e. The van der Waals surface area contributed by atoms with Crippen LogP contribution in [-0.2, 0) is 6.54 Å². The van der Waals surface area contributed by atoms with Gasteiger partial charge in [0.05, 0.1) is 12.0 Å². The molecule has 13 heavy (non-hydrogen) atoms. The lowest BCUT2D eigenvalue weighted by atomic mass is 10.2. The number of nitrogens with two attached hydrogens (primary N) is 1. The summed E-state index contributed by atoms with van der Waals surface area (Å²) in [6.45, 7) is 5.17. The first-order valence-corrected chi connectivity index (χ1v) is 5.72. The molecule has 2 N–H and O–H groups in total. The number of rotatable bonds is 4. The van der Waals surface area contributed by atoms with Crippen molar-refractivity contribution in [1.29, 1.82) is 0 Å². The zero-order valence-electron chi connectivity index (χ0n) is 8.40. The SMILES string of the molecule is CSC(C)Cn1cncc1C(C)N. The zero-order valence-corrected chi connectivity index (χ0v) is 9.21. The first kappa shape index (κ1) is 10.6. The van der Waals surface area contributed by atoms with Gasteiger partial charge in [-0.3, -0.25) is 0 Å². The Morgan fingerprint density at radius 3 is 2.85 bits per heavy atom. The van der Waals surface area contributed by atoms with E-state index in [-0.39, 0.29) is 6.04 Å². The van der Waals surface area contributed by atoms with Gasteiger partial charge >= 0.3 is 0 Å². The van der Waals surface area contributed by atoms with E-state index < -0.39 is 0 Å². The van der Waals surface area contributed by atoms with Crippen LogP contribution in [0.3, 0.4) is 0 Å². The average Bonchev–Trinajstić information content (AvgIpc) is 2.52. The summed E-state index contributed by atoms with van der Waals surface area (Å²) in [6.07, 6.45) is 5.82. The van der Waals surface area contributed by atoms with Gasteiger partial charge < -0.3 is 10.3 Å². The highest BCUT2D eigenvalue weighted by Gasteiger charge is 2.08. The fourth-order valence-corrected chi connectivity index (χ4v) is 1.52. The highest BCUT2D eigenvalue weighted by Crippen LogP contribution is 2.13. The Balaban J connectivity index is 2.70. The minimum absolute atomic E-state index is 0.0663. The van der Waals surface area contributed by atoms with E-state index in [0.29, 0.717) is 5.25 Å². The summed E-state index contributed by atoms with van der Waals surface area (Å²) in [4.78, 5) is 4.10. The van der Waals surface area contributed by atoms with Crippen LogP contribution in [0, 0.1) is 0 Å². The van der Waals surface area contributed by atoms with Crippen molar-refractivity contribution < 1.29 is 0 Å². The number of hydrogen-bond acceptors (Lipinski definition) is 3. The summed E-state index contributed by atoms with van der Waals surface area (Å²) >= 11 is 1.85. The van der Waals surface area contributed by atoms with E-state index in [2.05, 4.69) is 22.7 Å². The molecule has 1 rings (SSSR count). The molecule has 0 radical (unpaired) electrons. The molecule has 1 aromatic heterocycles. The molecule has 0 saturated carbocycles. The van der Waals surface area contributed by atoms with Gasteiger partial charge in [0.2, 0.25) is 0 Å². The number of aromatic nitrogens is 2. The molecule has 0 spiro atoms. The smallest absolute Gasteiger partial charge is 0.0949 e. The Bertz CT molecular complexity index is 257. The maximum atomic E-state index is 5.81. The molecule has 1 heterocycles. The second-order valence-electron chi connectivity index (χ2n) is 3.31. The lowest BCUT2D eigenvalue weighted by Gasteiger charge is -2.13. The molecule has 0 aliphatic rings. The van der Waals surface area contributed by atoms with Crippen molar-refractivity contribution in [3.8, 4) is 0 Å². The van der Waals surface area contributed by atoms with Crippen LogP contribution in [0.25, 0.3) is 0 Å². The van der Waals surface area contributed by atoms with Gasteiger partial charge in [0.15, 0.2) is 0 Å². The zero-order chi connectivity index (χ0) is 9.84. The molecule has 1 aromatic rings. The minimum atomic E-state index is 0.0663. The predicted octanol–water partition coefficient (Wildman–Crippen LogP) is 1.65. The van der Waals surface area contributed by atoms with Crippen molar-refractivity contribution in [2.24, 2.45) is 5.73 Å². The summed E-state index contributed by atoms with van der Waals surface area (Å²) < 4.78 is 2.13. The van der Waals surface area contributed by atoms with E-state index in [9.17, 15) is 0 Å². The van der Waals surface area contributed by atoms with Crippen LogP contribution in [-0.4, -0.2) is 21.1 Å². The Hall–Kier alpha value is -0.480. The maximum Gasteiger partial charge on any atom is 0.0949 e. The lowest BCUT2D eigenvalue weighted by Crippen LogP contribution is -2.15. The van der Waals surface area contributed by atoms with Crippen LogP contribution in [0.4, 0.5) is 0 Å². The Labute approximate surface area is 83.7 Å². The van der Waals surface area contributed by atoms with Gasteiger partial charge in [-0.2, -0.15) is 11.8 Å². The van der Waals surface area contributed by atoms with Gasteiger partial charge in [-0.15, -0.1) is 0 Å². The maximum absolute atomic E-state index is 5.81. The number of thioether (sulfide) groups is 1. The molecular weight excluding hydrogens is 182 g/mol. The summed E-state index contributed by atoms with van der Waals surface area (Å²) in [7, 11) is 0. The van der Waals surface area contributed by atoms with Crippen LogP contribution in [0.1, 0.15) is 25.6 Å². The van der Waals surface area contributed by atoms with E-state index in [1.807, 2.05) is 31.2 Å². The molecule has 2 unspecified atom stereocenters. The van der Waals surface area contributed by atoms with Crippen LogP contribution in [0.15, 0.2) is 12.5 Å². The van der Waals surface area contributed by atoms with E-state index >= 15 is 0 Å². The molecule has 0 saturated heterocycles. The second kappa shape index (κ2) is 4.67. The van der Waals surface area contributed by atoms with Gasteiger partial charge in [0.25, 0.3) is 0 Å². The standard InChI is InChI=1S/C9H17N3S/c1-7(13-3)5-12-6-11-4-9(12)8(2)10/h4,6-8H,5,10H2,1-3H3. The van der Waals surface area contributed by atoms with Gasteiger partial charge in [-0.1, -0.05) is 6.92 Å². The van der Waals surface area contributed by atoms with E-state index in [0.717, 1.165) is 12.2 Å². The van der Waals surface area contributed by atoms with Gasteiger partial charge in [0.1, 0.15) is 0 Å². The second-order valence-corrected chi connectivity index (χ2v) is 4.58. The molecule has 2 atom stereocenters. The van der Waals surface area contributed by atoms with Crippen molar-refractivity contribution in [3.63, 3.8) is 0 Å². The molecule has 0 aliphatic heterocycles. The number of imidazole rings is 1. The van der Waals surface area contributed by atoms with Gasteiger partial charge in [-0.05, 0) is 13.2 Å². The Kier molecular flexibility index (Phi) is 3.81. The van der Waals surface area contributed by atoms with E-state index in [1.165, 1.54) is 0 Å². The van der Waals surface area contributed by atoms with Gasteiger partial charge in [-0.25, -0.2) is 4.98 Å². The van der Waals surface area contributed by atoms with Crippen molar-refractivity contribution in [2.75, 3.05) is 6.26 Å². The normalized spacial score (nSPS) is 15.7. The molecule has 0 aliphatic carbocycles. The summed E-state index contributed by atoms with van der Waals surface area (Å²) in [5, 5.41) is 0.603. The number of nitrogens with zero attached hydrogens (tertiary/aromatic N) is 2. The molecule has 74 valence electrons. The van der Waals surface area contributed by atoms with Gasteiger partial charge in [0, 0.05) is 24.0 Å². The van der Waals surface area contributed by atoms with Crippen LogP contribution >= 0.6 is 11.8 Å².